The van der Waals surface area contributed by atoms with Crippen LogP contribution in [0.1, 0.15) is 22.3 Å². The Morgan fingerprint density at radius 2 is 1.94 bits per heavy atom. The maximum Gasteiger partial charge on any atom is 0.270 e. The van der Waals surface area contributed by atoms with E-state index in [0.717, 1.165) is 0 Å². The number of nitrogens with zero attached hydrogens (tertiary/aromatic N) is 3. The number of carbonyl (C=O) groups is 1. The molecule has 86 valence electrons. The lowest BCUT2D eigenvalue weighted by Crippen LogP contribution is -1.93. The molecule has 18 heavy (non-hydrogen) atoms. The van der Waals surface area contributed by atoms with Crippen molar-refractivity contribution >= 4 is 17.0 Å². The van der Waals surface area contributed by atoms with Gasteiger partial charge in [0, 0.05) is 24.1 Å². The Morgan fingerprint density at radius 1 is 1.28 bits per heavy atom. The maximum atomic E-state index is 11.7. The number of ketones is 1. The van der Waals surface area contributed by atoms with Gasteiger partial charge in [-0.3, -0.25) is 14.9 Å². The minimum Gasteiger partial charge on any atom is -0.294 e. The maximum absolute atomic E-state index is 11.7. The summed E-state index contributed by atoms with van der Waals surface area (Å²) >= 11 is 0. The van der Waals surface area contributed by atoms with Crippen LogP contribution in [0.2, 0.25) is 0 Å². The number of benzene rings is 1. The molecule has 1 aliphatic rings. The average molecular weight is 239 g/mol. The smallest absolute Gasteiger partial charge is 0.270 e. The molecule has 0 saturated heterocycles. The lowest BCUT2D eigenvalue weighted by molar-refractivity contribution is -0.384. The van der Waals surface area contributed by atoms with Crippen molar-refractivity contribution in [2.45, 2.75) is 6.42 Å². The zero-order valence-electron chi connectivity index (χ0n) is 9.01. The number of nitro benzene ring substituents is 1. The van der Waals surface area contributed by atoms with Crippen LogP contribution in [0.25, 0.3) is 5.57 Å². The van der Waals surface area contributed by atoms with Gasteiger partial charge in [0.25, 0.3) is 5.69 Å². The second-order valence-electron chi connectivity index (χ2n) is 3.66. The van der Waals surface area contributed by atoms with Gasteiger partial charge in [0.2, 0.25) is 0 Å². The predicted octanol–water partition coefficient (Wildman–Crippen LogP) is 1.98. The normalized spacial score (nSPS) is 12.6. The first-order valence-electron chi connectivity index (χ1n) is 4.94. The molecule has 1 aliphatic carbocycles. The highest BCUT2D eigenvalue weighted by molar-refractivity contribution is 6.13. The van der Waals surface area contributed by atoms with E-state index in [4.69, 9.17) is 10.5 Å². The Hall–Kier alpha value is -2.99. The van der Waals surface area contributed by atoms with Crippen LogP contribution in [0.15, 0.2) is 23.8 Å². The molecule has 0 aliphatic heterocycles. The fourth-order valence-electron chi connectivity index (χ4n) is 1.87. The van der Waals surface area contributed by atoms with Crippen LogP contribution >= 0.6 is 0 Å². The summed E-state index contributed by atoms with van der Waals surface area (Å²) in [4.78, 5) is 21.8. The highest BCUT2D eigenvalue weighted by Gasteiger charge is 2.28. The van der Waals surface area contributed by atoms with E-state index < -0.39 is 4.92 Å². The van der Waals surface area contributed by atoms with E-state index in [2.05, 4.69) is 0 Å². The number of nitriles is 2. The van der Waals surface area contributed by atoms with Crippen molar-refractivity contribution in [3.05, 3.63) is 45.0 Å². The van der Waals surface area contributed by atoms with Crippen LogP contribution in [0.5, 0.6) is 0 Å². The van der Waals surface area contributed by atoms with Crippen LogP contribution in [0.4, 0.5) is 5.69 Å². The minimum absolute atomic E-state index is 0.0625. The van der Waals surface area contributed by atoms with Gasteiger partial charge in [-0.2, -0.15) is 10.5 Å². The molecule has 0 fully saturated rings. The predicted molar refractivity (Wildman–Crippen MR) is 60.2 cm³/mol. The van der Waals surface area contributed by atoms with Crippen molar-refractivity contribution in [1.29, 1.82) is 10.5 Å². The standard InChI is InChI=1S/C12H5N3O3/c13-5-7(6-14)10-4-12(16)9-2-1-8(15(17)18)3-11(9)10/h1-3H,4H2. The molecular weight excluding hydrogens is 234 g/mol. The van der Waals surface area contributed by atoms with Crippen molar-refractivity contribution in [3.8, 4) is 12.1 Å². The number of rotatable bonds is 1. The van der Waals surface area contributed by atoms with Gasteiger partial charge in [0.05, 0.1) is 4.92 Å². The number of Topliss-reactive ketones (excluding diaryl/α,β-unsaturated/α-hetero) is 1. The zero-order valence-corrected chi connectivity index (χ0v) is 9.01. The highest BCUT2D eigenvalue weighted by atomic mass is 16.6. The van der Waals surface area contributed by atoms with E-state index in [1.807, 2.05) is 0 Å². The molecule has 2 rings (SSSR count). The summed E-state index contributed by atoms with van der Waals surface area (Å²) in [5, 5.41) is 28.3. The summed E-state index contributed by atoms with van der Waals surface area (Å²) in [5.41, 5.74) is 0.549. The van der Waals surface area contributed by atoms with Crippen molar-refractivity contribution in [2.75, 3.05) is 0 Å². The highest BCUT2D eigenvalue weighted by Crippen LogP contribution is 2.36. The van der Waals surface area contributed by atoms with Gasteiger partial charge in [0.15, 0.2) is 5.78 Å². The van der Waals surface area contributed by atoms with Crippen LogP contribution in [0.3, 0.4) is 0 Å². The largest absolute Gasteiger partial charge is 0.294 e. The van der Waals surface area contributed by atoms with E-state index in [1.54, 1.807) is 12.1 Å². The second kappa shape index (κ2) is 4.11. The molecule has 0 heterocycles. The van der Waals surface area contributed by atoms with Crippen molar-refractivity contribution in [3.63, 3.8) is 0 Å². The van der Waals surface area contributed by atoms with E-state index >= 15 is 0 Å². The SMILES string of the molecule is N#CC(C#N)=C1CC(=O)c2ccc([N+](=O)[O-])cc21. The molecule has 0 aromatic heterocycles. The quantitative estimate of drug-likeness (QED) is 0.423. The van der Waals surface area contributed by atoms with Gasteiger partial charge in [0.1, 0.15) is 17.7 Å². The number of hydrogen-bond donors (Lipinski definition) is 0. The molecule has 1 aromatic rings. The first-order chi connectivity index (χ1) is 8.58. The number of allylic oxidation sites excluding steroid dienone is 2. The molecule has 0 N–H and O–H groups in total. The van der Waals surface area contributed by atoms with E-state index in [0.29, 0.717) is 11.1 Å². The Balaban J connectivity index is 2.72. The Kier molecular flexibility index (Phi) is 2.63. The molecule has 6 heteroatoms. The van der Waals surface area contributed by atoms with Gasteiger partial charge in [-0.05, 0) is 17.2 Å². The van der Waals surface area contributed by atoms with Crippen LogP contribution in [-0.4, -0.2) is 10.7 Å². The van der Waals surface area contributed by atoms with E-state index in [9.17, 15) is 14.9 Å². The van der Waals surface area contributed by atoms with E-state index in [-0.39, 0.29) is 29.0 Å². The number of carbonyl (C=O) groups excluding carboxylic acids is 1. The molecule has 0 unspecified atom stereocenters. The first kappa shape index (κ1) is 11.5. The molecule has 0 saturated carbocycles. The minimum atomic E-state index is -0.584. The van der Waals surface area contributed by atoms with Crippen LogP contribution in [-0.2, 0) is 0 Å². The molecule has 1 aromatic carbocycles. The van der Waals surface area contributed by atoms with Crippen LogP contribution < -0.4 is 0 Å². The molecule has 6 nitrogen and oxygen atoms in total. The summed E-state index contributed by atoms with van der Waals surface area (Å²) in [6.45, 7) is 0. The number of fused-ring (bicyclic) bond motifs is 1. The number of nitro groups is 1. The molecule has 0 atom stereocenters. The third kappa shape index (κ3) is 1.62. The Bertz CT molecular complexity index is 673. The Morgan fingerprint density at radius 3 is 2.50 bits per heavy atom. The van der Waals surface area contributed by atoms with Gasteiger partial charge >= 0.3 is 0 Å². The summed E-state index contributed by atoms with van der Waals surface area (Å²) < 4.78 is 0. The fourth-order valence-corrected chi connectivity index (χ4v) is 1.87. The molecule has 0 spiro atoms. The van der Waals surface area contributed by atoms with E-state index in [1.165, 1.54) is 18.2 Å². The number of non-ortho nitro benzene ring substituents is 1. The third-order valence-corrected chi connectivity index (χ3v) is 2.70. The monoisotopic (exact) mass is 239 g/mol. The van der Waals surface area contributed by atoms with Gasteiger partial charge < -0.3 is 0 Å². The molecule has 0 radical (unpaired) electrons. The van der Waals surface area contributed by atoms with Gasteiger partial charge in [-0.1, -0.05) is 0 Å². The zero-order chi connectivity index (χ0) is 13.3. The topological polar surface area (TPSA) is 108 Å². The first-order valence-corrected chi connectivity index (χ1v) is 4.94. The van der Waals surface area contributed by atoms with Crippen LogP contribution in [0, 0.1) is 32.8 Å². The third-order valence-electron chi connectivity index (χ3n) is 2.70. The Labute approximate surface area is 102 Å². The second-order valence-corrected chi connectivity index (χ2v) is 3.66. The summed E-state index contributed by atoms with van der Waals surface area (Å²) in [5.74, 6) is -0.238. The molecule has 0 bridgehead atoms. The average Bonchev–Trinajstić information content (AvgIpc) is 2.68. The molecular formula is C12H5N3O3. The fraction of sp³-hybridized carbons (Fsp3) is 0.0833. The summed E-state index contributed by atoms with van der Waals surface area (Å²) in [6, 6.07) is 7.22. The number of hydrogen-bond acceptors (Lipinski definition) is 5. The van der Waals surface area contributed by atoms with Gasteiger partial charge in [-0.15, -0.1) is 0 Å². The lowest BCUT2D eigenvalue weighted by Gasteiger charge is -1.99. The lowest BCUT2D eigenvalue weighted by atomic mass is 10.0. The van der Waals surface area contributed by atoms with Crippen molar-refractivity contribution in [2.24, 2.45) is 0 Å². The summed E-state index contributed by atoms with van der Waals surface area (Å²) in [7, 11) is 0. The van der Waals surface area contributed by atoms with Gasteiger partial charge in [-0.25, -0.2) is 0 Å². The summed E-state index contributed by atoms with van der Waals surface area (Å²) in [6.07, 6.45) is -0.0625. The molecule has 0 amide bonds. The van der Waals surface area contributed by atoms with Crippen molar-refractivity contribution in [1.82, 2.24) is 0 Å². The van der Waals surface area contributed by atoms with Crippen molar-refractivity contribution < 1.29 is 9.72 Å².